The van der Waals surface area contributed by atoms with E-state index in [1.165, 1.54) is 18.5 Å². The minimum Gasteiger partial charge on any atom is -0.372 e. The van der Waals surface area contributed by atoms with Crippen LogP contribution in [0.1, 0.15) is 18.5 Å². The van der Waals surface area contributed by atoms with Gasteiger partial charge in [-0.2, -0.15) is 4.98 Å². The third-order valence-corrected chi connectivity index (χ3v) is 4.50. The van der Waals surface area contributed by atoms with Crippen LogP contribution in [0, 0.1) is 6.92 Å². The lowest BCUT2D eigenvalue weighted by atomic mass is 10.2. The second-order valence-corrected chi connectivity index (χ2v) is 6.58. The van der Waals surface area contributed by atoms with Crippen LogP contribution in [0.3, 0.4) is 0 Å². The van der Waals surface area contributed by atoms with Crippen LogP contribution in [-0.4, -0.2) is 23.1 Å². The molecule has 0 saturated carbocycles. The maximum Gasteiger partial charge on any atom is 0.229 e. The van der Waals surface area contributed by atoms with Gasteiger partial charge in [0.15, 0.2) is 0 Å². The molecule has 2 N–H and O–H groups in total. The molecule has 0 aliphatic carbocycles. The highest BCUT2D eigenvalue weighted by Crippen LogP contribution is 2.24. The minimum atomic E-state index is 0.595. The van der Waals surface area contributed by atoms with E-state index in [1.54, 1.807) is 0 Å². The van der Waals surface area contributed by atoms with Gasteiger partial charge in [-0.1, -0.05) is 18.2 Å². The summed E-state index contributed by atoms with van der Waals surface area (Å²) < 4.78 is 0. The molecule has 1 aliphatic heterocycles. The molecule has 2 heterocycles. The van der Waals surface area contributed by atoms with E-state index < -0.39 is 0 Å². The zero-order valence-corrected chi connectivity index (χ0v) is 14.9. The van der Waals surface area contributed by atoms with Crippen molar-refractivity contribution >= 4 is 28.8 Å². The first kappa shape index (κ1) is 16.4. The fourth-order valence-electron chi connectivity index (χ4n) is 3.22. The monoisotopic (exact) mass is 345 g/mol. The van der Waals surface area contributed by atoms with Crippen LogP contribution in [0.2, 0.25) is 0 Å². The van der Waals surface area contributed by atoms with E-state index in [4.69, 9.17) is 0 Å². The lowest BCUT2D eigenvalue weighted by molar-refractivity contribution is 0.949. The highest BCUT2D eigenvalue weighted by atomic mass is 15.2. The molecule has 0 unspecified atom stereocenters. The van der Waals surface area contributed by atoms with Crippen molar-refractivity contribution < 1.29 is 0 Å². The molecule has 26 heavy (non-hydrogen) atoms. The molecule has 2 aromatic carbocycles. The first-order valence-corrected chi connectivity index (χ1v) is 9.06. The average molecular weight is 345 g/mol. The Morgan fingerprint density at radius 3 is 2.23 bits per heavy atom. The number of rotatable bonds is 5. The van der Waals surface area contributed by atoms with Gasteiger partial charge in [0.25, 0.3) is 0 Å². The molecule has 5 heteroatoms. The van der Waals surface area contributed by atoms with E-state index in [-0.39, 0.29) is 0 Å². The summed E-state index contributed by atoms with van der Waals surface area (Å²) in [4.78, 5) is 11.5. The van der Waals surface area contributed by atoms with E-state index >= 15 is 0 Å². The molecule has 0 radical (unpaired) electrons. The van der Waals surface area contributed by atoms with Crippen LogP contribution in [0.15, 0.2) is 60.7 Å². The Morgan fingerprint density at radius 2 is 1.50 bits per heavy atom. The van der Waals surface area contributed by atoms with Crippen molar-refractivity contribution in [3.05, 3.63) is 66.4 Å². The standard InChI is InChI=1S/C21H23N5/c1-16-15-20(23-17-7-3-2-4-8-17)25-21(22-16)24-18-9-11-19(12-10-18)26-13-5-6-14-26/h2-4,7-12,15H,5-6,13-14H2,1H3,(H2,22,23,24,25). The van der Waals surface area contributed by atoms with Crippen LogP contribution in [-0.2, 0) is 0 Å². The molecule has 4 rings (SSSR count). The molecule has 0 bridgehead atoms. The Balaban J connectivity index is 1.49. The number of hydrogen-bond donors (Lipinski definition) is 2. The number of aromatic nitrogens is 2. The number of para-hydroxylation sites is 1. The van der Waals surface area contributed by atoms with Gasteiger partial charge in [0.05, 0.1) is 0 Å². The summed E-state index contributed by atoms with van der Waals surface area (Å²) in [6, 6.07) is 20.5. The number of anilines is 5. The lowest BCUT2D eigenvalue weighted by Gasteiger charge is -2.18. The quantitative estimate of drug-likeness (QED) is 0.691. The maximum absolute atomic E-state index is 4.58. The molecular formula is C21H23N5. The molecule has 0 spiro atoms. The second kappa shape index (κ2) is 7.44. The van der Waals surface area contributed by atoms with Gasteiger partial charge >= 0.3 is 0 Å². The molecule has 1 aromatic heterocycles. The molecule has 132 valence electrons. The Labute approximate surface area is 154 Å². The van der Waals surface area contributed by atoms with Gasteiger partial charge in [-0.15, -0.1) is 0 Å². The molecule has 5 nitrogen and oxygen atoms in total. The van der Waals surface area contributed by atoms with Crippen molar-refractivity contribution in [2.45, 2.75) is 19.8 Å². The summed E-state index contributed by atoms with van der Waals surface area (Å²) in [6.07, 6.45) is 2.57. The van der Waals surface area contributed by atoms with Gasteiger partial charge in [0.2, 0.25) is 5.95 Å². The third-order valence-electron chi connectivity index (χ3n) is 4.50. The van der Waals surface area contributed by atoms with E-state index in [0.717, 1.165) is 36.0 Å². The van der Waals surface area contributed by atoms with Crippen LogP contribution >= 0.6 is 0 Å². The van der Waals surface area contributed by atoms with E-state index in [0.29, 0.717) is 5.95 Å². The SMILES string of the molecule is Cc1cc(Nc2ccccc2)nc(Nc2ccc(N3CCCC3)cc2)n1. The Hall–Kier alpha value is -3.08. The van der Waals surface area contributed by atoms with Crippen molar-refractivity contribution in [1.82, 2.24) is 9.97 Å². The van der Waals surface area contributed by atoms with Gasteiger partial charge < -0.3 is 15.5 Å². The largest absolute Gasteiger partial charge is 0.372 e. The fraction of sp³-hybridized carbons (Fsp3) is 0.238. The van der Waals surface area contributed by atoms with Crippen LogP contribution in [0.25, 0.3) is 0 Å². The highest BCUT2D eigenvalue weighted by Gasteiger charge is 2.12. The van der Waals surface area contributed by atoms with Crippen molar-refractivity contribution in [2.75, 3.05) is 28.6 Å². The number of nitrogens with one attached hydrogen (secondary N) is 2. The molecule has 0 amide bonds. The number of aryl methyl sites for hydroxylation is 1. The van der Waals surface area contributed by atoms with Crippen LogP contribution < -0.4 is 15.5 Å². The Morgan fingerprint density at radius 1 is 0.808 bits per heavy atom. The highest BCUT2D eigenvalue weighted by molar-refractivity contribution is 5.62. The molecule has 1 fully saturated rings. The van der Waals surface area contributed by atoms with E-state index in [1.807, 2.05) is 43.3 Å². The van der Waals surface area contributed by atoms with E-state index in [2.05, 4.69) is 49.8 Å². The summed E-state index contributed by atoms with van der Waals surface area (Å²) in [5, 5.41) is 6.63. The summed E-state index contributed by atoms with van der Waals surface area (Å²) in [5.41, 5.74) is 4.19. The second-order valence-electron chi connectivity index (χ2n) is 6.58. The van der Waals surface area contributed by atoms with Crippen LogP contribution in [0.4, 0.5) is 28.8 Å². The van der Waals surface area contributed by atoms with Crippen molar-refractivity contribution in [3.63, 3.8) is 0 Å². The van der Waals surface area contributed by atoms with Crippen molar-refractivity contribution in [1.29, 1.82) is 0 Å². The lowest BCUT2D eigenvalue weighted by Crippen LogP contribution is -2.17. The third kappa shape index (κ3) is 3.94. The molecular weight excluding hydrogens is 322 g/mol. The van der Waals surface area contributed by atoms with E-state index in [9.17, 15) is 0 Å². The van der Waals surface area contributed by atoms with Gasteiger partial charge in [0.1, 0.15) is 5.82 Å². The fourth-order valence-corrected chi connectivity index (χ4v) is 3.22. The average Bonchev–Trinajstić information content (AvgIpc) is 3.17. The number of hydrogen-bond acceptors (Lipinski definition) is 5. The number of nitrogens with zero attached hydrogens (tertiary/aromatic N) is 3. The first-order chi connectivity index (χ1) is 12.8. The zero-order valence-electron chi connectivity index (χ0n) is 14.9. The predicted octanol–water partition coefficient (Wildman–Crippen LogP) is 4.87. The van der Waals surface area contributed by atoms with Crippen molar-refractivity contribution in [2.24, 2.45) is 0 Å². The molecule has 3 aromatic rings. The van der Waals surface area contributed by atoms with Gasteiger partial charge in [-0.3, -0.25) is 0 Å². The predicted molar refractivity (Wildman–Crippen MR) is 108 cm³/mol. The first-order valence-electron chi connectivity index (χ1n) is 9.06. The van der Waals surface area contributed by atoms with Gasteiger partial charge in [0, 0.05) is 41.9 Å². The van der Waals surface area contributed by atoms with Gasteiger partial charge in [-0.25, -0.2) is 4.98 Å². The number of benzene rings is 2. The summed E-state index contributed by atoms with van der Waals surface area (Å²) in [6.45, 7) is 4.28. The summed E-state index contributed by atoms with van der Waals surface area (Å²) >= 11 is 0. The molecule has 0 atom stereocenters. The normalized spacial score (nSPS) is 13.7. The zero-order chi connectivity index (χ0) is 17.8. The van der Waals surface area contributed by atoms with Crippen molar-refractivity contribution in [3.8, 4) is 0 Å². The summed E-state index contributed by atoms with van der Waals surface area (Å²) in [5.74, 6) is 1.37. The maximum atomic E-state index is 4.58. The smallest absolute Gasteiger partial charge is 0.229 e. The van der Waals surface area contributed by atoms with Gasteiger partial charge in [-0.05, 0) is 56.2 Å². The summed E-state index contributed by atoms with van der Waals surface area (Å²) in [7, 11) is 0. The Bertz CT molecular complexity index is 855. The topological polar surface area (TPSA) is 53.1 Å². The molecule has 1 saturated heterocycles. The van der Waals surface area contributed by atoms with Crippen LogP contribution in [0.5, 0.6) is 0 Å². The minimum absolute atomic E-state index is 0.595. The Kier molecular flexibility index (Phi) is 4.69. The molecule has 1 aliphatic rings.